The monoisotopic (exact) mass is 326 g/mol. The molecule has 2 aromatic rings. The largest absolute Gasteiger partial charge is 0.343 e. The van der Waals surface area contributed by atoms with Crippen molar-refractivity contribution < 1.29 is 14.0 Å². The zero-order valence-corrected chi connectivity index (χ0v) is 12.8. The normalized spacial score (nSPS) is 16.8. The lowest BCUT2D eigenvalue weighted by molar-refractivity contribution is -0.130. The van der Waals surface area contributed by atoms with Crippen molar-refractivity contribution in [3.63, 3.8) is 0 Å². The first-order chi connectivity index (χ1) is 11.6. The highest BCUT2D eigenvalue weighted by atomic mass is 19.1. The summed E-state index contributed by atoms with van der Waals surface area (Å²) in [5.74, 6) is -1.15. The smallest absolute Gasteiger partial charge is 0.252 e. The second-order valence-electron chi connectivity index (χ2n) is 5.58. The van der Waals surface area contributed by atoms with E-state index in [1.54, 1.807) is 0 Å². The lowest BCUT2D eigenvalue weighted by Crippen LogP contribution is -2.42. The number of nitrogens with zero attached hydrogens (tertiary/aromatic N) is 3. The molecule has 1 atom stereocenters. The van der Waals surface area contributed by atoms with Crippen LogP contribution in [-0.2, 0) is 4.79 Å². The van der Waals surface area contributed by atoms with Crippen LogP contribution in [0.25, 0.3) is 10.9 Å². The van der Waals surface area contributed by atoms with Gasteiger partial charge < -0.3 is 10.2 Å². The van der Waals surface area contributed by atoms with E-state index in [4.69, 9.17) is 5.26 Å². The van der Waals surface area contributed by atoms with Gasteiger partial charge in [0.25, 0.3) is 5.91 Å². The molecule has 0 aliphatic carbocycles. The first-order valence-corrected chi connectivity index (χ1v) is 7.61. The third-order valence-electron chi connectivity index (χ3n) is 4.07. The van der Waals surface area contributed by atoms with E-state index in [9.17, 15) is 14.0 Å². The van der Waals surface area contributed by atoms with Crippen LogP contribution < -0.4 is 5.32 Å². The van der Waals surface area contributed by atoms with Crippen molar-refractivity contribution in [2.24, 2.45) is 0 Å². The second-order valence-corrected chi connectivity index (χ2v) is 5.58. The summed E-state index contributed by atoms with van der Waals surface area (Å²) in [5.41, 5.74) is 0.698. The van der Waals surface area contributed by atoms with Crippen LogP contribution in [0.1, 0.15) is 23.2 Å². The minimum Gasteiger partial charge on any atom is -0.343 e. The highest BCUT2D eigenvalue weighted by molar-refractivity contribution is 6.06. The van der Waals surface area contributed by atoms with Crippen LogP contribution in [0.5, 0.6) is 0 Å². The maximum Gasteiger partial charge on any atom is 0.252 e. The Hall–Kier alpha value is -3.01. The summed E-state index contributed by atoms with van der Waals surface area (Å²) < 4.78 is 13.2. The molecule has 6 nitrogen and oxygen atoms in total. The van der Waals surface area contributed by atoms with Gasteiger partial charge in [-0.2, -0.15) is 5.26 Å². The molecule has 7 heteroatoms. The van der Waals surface area contributed by atoms with Crippen molar-refractivity contribution in [2.75, 3.05) is 13.1 Å². The molecular formula is C17H15FN4O2. The quantitative estimate of drug-likeness (QED) is 0.928. The van der Waals surface area contributed by atoms with Crippen LogP contribution in [-0.4, -0.2) is 40.8 Å². The fourth-order valence-electron chi connectivity index (χ4n) is 2.87. The van der Waals surface area contributed by atoms with Crippen molar-refractivity contribution in [3.8, 4) is 6.07 Å². The number of fused-ring (bicyclic) bond motifs is 1. The van der Waals surface area contributed by atoms with Gasteiger partial charge in [-0.05, 0) is 31.0 Å². The number of hydrogen-bond donors (Lipinski definition) is 1. The number of carbonyl (C=O) groups excluding carboxylic acids is 2. The molecule has 1 aromatic carbocycles. The summed E-state index contributed by atoms with van der Waals surface area (Å²) in [5, 5.41) is 12.1. The minimum atomic E-state index is -0.435. The number of benzene rings is 1. The Morgan fingerprint density at radius 1 is 1.42 bits per heavy atom. The van der Waals surface area contributed by atoms with E-state index in [0.717, 1.165) is 6.42 Å². The Kier molecular flexibility index (Phi) is 4.38. The molecule has 2 amide bonds. The van der Waals surface area contributed by atoms with E-state index in [-0.39, 0.29) is 12.5 Å². The number of pyridine rings is 1. The van der Waals surface area contributed by atoms with Crippen LogP contribution >= 0.6 is 0 Å². The molecule has 0 bridgehead atoms. The van der Waals surface area contributed by atoms with Gasteiger partial charge in [-0.1, -0.05) is 0 Å². The zero-order chi connectivity index (χ0) is 17.1. The standard InChI is InChI=1S/C17H15FN4O2/c18-11-3-4-13-14(5-6-20-15(13)8-11)17(24)21-10-16(23)22-7-1-2-12(22)9-19/h3-6,8,12H,1-2,7,10H2,(H,21,24). The molecule has 1 aliphatic heterocycles. The molecule has 0 radical (unpaired) electrons. The molecule has 24 heavy (non-hydrogen) atoms. The average molecular weight is 326 g/mol. The molecule has 122 valence electrons. The molecule has 1 unspecified atom stereocenters. The van der Waals surface area contributed by atoms with Gasteiger partial charge in [-0.3, -0.25) is 14.6 Å². The summed E-state index contributed by atoms with van der Waals surface area (Å²) in [4.78, 5) is 30.0. The highest BCUT2D eigenvalue weighted by Crippen LogP contribution is 2.18. The summed E-state index contributed by atoms with van der Waals surface area (Å²) in [7, 11) is 0. The zero-order valence-electron chi connectivity index (χ0n) is 12.8. The molecule has 3 rings (SSSR count). The van der Waals surface area contributed by atoms with Gasteiger partial charge >= 0.3 is 0 Å². The number of carbonyl (C=O) groups is 2. The number of aromatic nitrogens is 1. The van der Waals surface area contributed by atoms with Crippen molar-refractivity contribution in [1.29, 1.82) is 5.26 Å². The molecule has 1 N–H and O–H groups in total. The fourth-order valence-corrected chi connectivity index (χ4v) is 2.87. The van der Waals surface area contributed by atoms with Gasteiger partial charge in [0.1, 0.15) is 11.9 Å². The van der Waals surface area contributed by atoms with E-state index in [0.29, 0.717) is 29.4 Å². The van der Waals surface area contributed by atoms with Gasteiger partial charge in [0.2, 0.25) is 5.91 Å². The minimum absolute atomic E-state index is 0.179. The Labute approximate surface area is 137 Å². The summed E-state index contributed by atoms with van der Waals surface area (Å²) in [6, 6.07) is 7.19. The number of rotatable bonds is 3. The predicted octanol–water partition coefficient (Wildman–Crippen LogP) is 1.62. The number of nitrogens with one attached hydrogen (secondary N) is 1. The van der Waals surface area contributed by atoms with Crippen LogP contribution in [0.15, 0.2) is 30.5 Å². The Balaban J connectivity index is 1.72. The van der Waals surface area contributed by atoms with Crippen molar-refractivity contribution in [3.05, 3.63) is 41.8 Å². The Morgan fingerprint density at radius 2 is 2.25 bits per heavy atom. The predicted molar refractivity (Wildman–Crippen MR) is 84.4 cm³/mol. The number of amides is 2. The van der Waals surface area contributed by atoms with Crippen LogP contribution in [0, 0.1) is 17.1 Å². The van der Waals surface area contributed by atoms with E-state index in [1.807, 2.05) is 0 Å². The molecule has 1 fully saturated rings. The third kappa shape index (κ3) is 3.04. The molecule has 1 aromatic heterocycles. The topological polar surface area (TPSA) is 86.1 Å². The van der Waals surface area contributed by atoms with E-state index < -0.39 is 17.8 Å². The van der Waals surface area contributed by atoms with Crippen LogP contribution in [0.4, 0.5) is 4.39 Å². The lowest BCUT2D eigenvalue weighted by Gasteiger charge is -2.19. The molecular weight excluding hydrogens is 311 g/mol. The average Bonchev–Trinajstić information content (AvgIpc) is 3.07. The summed E-state index contributed by atoms with van der Waals surface area (Å²) >= 11 is 0. The molecule has 0 spiro atoms. The SMILES string of the molecule is N#CC1CCCN1C(=O)CNC(=O)c1ccnc2cc(F)ccc12. The van der Waals surface area contributed by atoms with E-state index in [2.05, 4.69) is 16.4 Å². The summed E-state index contributed by atoms with van der Waals surface area (Å²) in [6.07, 6.45) is 2.87. The third-order valence-corrected chi connectivity index (χ3v) is 4.07. The Morgan fingerprint density at radius 3 is 3.04 bits per heavy atom. The number of nitriles is 1. The Bertz CT molecular complexity index is 846. The van der Waals surface area contributed by atoms with Crippen molar-refractivity contribution in [2.45, 2.75) is 18.9 Å². The van der Waals surface area contributed by atoms with Gasteiger partial charge in [-0.15, -0.1) is 0 Å². The second kappa shape index (κ2) is 6.62. The van der Waals surface area contributed by atoms with Crippen molar-refractivity contribution >= 4 is 22.7 Å². The summed E-state index contributed by atoms with van der Waals surface area (Å²) in [6.45, 7) is 0.354. The number of halogens is 1. The van der Waals surface area contributed by atoms with Gasteiger partial charge in [0.05, 0.1) is 23.7 Å². The molecule has 1 saturated heterocycles. The highest BCUT2D eigenvalue weighted by Gasteiger charge is 2.28. The van der Waals surface area contributed by atoms with Gasteiger partial charge in [0.15, 0.2) is 0 Å². The molecule has 2 heterocycles. The molecule has 0 saturated carbocycles. The van der Waals surface area contributed by atoms with Gasteiger partial charge in [0, 0.05) is 24.2 Å². The maximum absolute atomic E-state index is 13.2. The van der Waals surface area contributed by atoms with Crippen LogP contribution in [0.2, 0.25) is 0 Å². The maximum atomic E-state index is 13.2. The first-order valence-electron chi connectivity index (χ1n) is 7.61. The number of likely N-dealkylation sites (tertiary alicyclic amines) is 1. The van der Waals surface area contributed by atoms with Gasteiger partial charge in [-0.25, -0.2) is 4.39 Å². The fraction of sp³-hybridized carbons (Fsp3) is 0.294. The van der Waals surface area contributed by atoms with E-state index >= 15 is 0 Å². The lowest BCUT2D eigenvalue weighted by atomic mass is 10.1. The molecule has 1 aliphatic rings. The van der Waals surface area contributed by atoms with Crippen LogP contribution in [0.3, 0.4) is 0 Å². The van der Waals surface area contributed by atoms with Crippen molar-refractivity contribution in [1.82, 2.24) is 15.2 Å². The number of hydrogen-bond acceptors (Lipinski definition) is 4. The van der Waals surface area contributed by atoms with E-state index in [1.165, 1.54) is 35.4 Å². The first kappa shape index (κ1) is 15.9.